The molecule has 26 heavy (non-hydrogen) atoms. The van der Waals surface area contributed by atoms with Gasteiger partial charge in [-0.25, -0.2) is 0 Å². The van der Waals surface area contributed by atoms with Crippen LogP contribution in [0.1, 0.15) is 19.3 Å². The monoisotopic (exact) mass is 389 g/mol. The van der Waals surface area contributed by atoms with Gasteiger partial charge >= 0.3 is 6.18 Å². The maximum atomic E-state index is 12.4. The molecule has 142 valence electrons. The third kappa shape index (κ3) is 4.60. The first kappa shape index (κ1) is 18.8. The summed E-state index contributed by atoms with van der Waals surface area (Å²) < 4.78 is 43.0. The van der Waals surface area contributed by atoms with Crippen LogP contribution in [-0.4, -0.2) is 48.6 Å². The van der Waals surface area contributed by atoms with Gasteiger partial charge in [0.25, 0.3) is 6.01 Å². The number of halogens is 4. The molecular formula is C17H19ClF3N3O2. The van der Waals surface area contributed by atoms with Crippen molar-refractivity contribution < 1.29 is 22.4 Å². The number of carbonyl (C=O) groups is 1. The zero-order valence-corrected chi connectivity index (χ0v) is 15.0. The summed E-state index contributed by atoms with van der Waals surface area (Å²) in [6.45, 7) is 0.0178. The third-order valence-corrected chi connectivity index (χ3v) is 4.67. The van der Waals surface area contributed by atoms with Crippen molar-refractivity contribution in [2.24, 2.45) is 5.92 Å². The van der Waals surface area contributed by atoms with Crippen molar-refractivity contribution in [2.75, 3.05) is 31.6 Å². The first-order chi connectivity index (χ1) is 12.2. The van der Waals surface area contributed by atoms with E-state index in [2.05, 4.69) is 4.98 Å². The van der Waals surface area contributed by atoms with Crippen LogP contribution in [-0.2, 0) is 4.79 Å². The van der Waals surface area contributed by atoms with Gasteiger partial charge in [-0.2, -0.15) is 18.2 Å². The summed E-state index contributed by atoms with van der Waals surface area (Å²) in [6.07, 6.45) is -2.70. The second-order valence-electron chi connectivity index (χ2n) is 6.63. The van der Waals surface area contributed by atoms with Crippen LogP contribution in [0.15, 0.2) is 22.6 Å². The van der Waals surface area contributed by atoms with E-state index in [0.29, 0.717) is 28.7 Å². The van der Waals surface area contributed by atoms with Gasteiger partial charge in [0.2, 0.25) is 5.91 Å². The molecule has 1 amide bonds. The number of benzene rings is 1. The highest BCUT2D eigenvalue weighted by Gasteiger charge is 2.32. The van der Waals surface area contributed by atoms with Crippen LogP contribution in [0.5, 0.6) is 0 Å². The molecular weight excluding hydrogens is 371 g/mol. The number of alkyl halides is 3. The fourth-order valence-corrected chi connectivity index (χ4v) is 3.35. The Bertz CT molecular complexity index is 793. The molecule has 2 heterocycles. The van der Waals surface area contributed by atoms with E-state index in [0.717, 1.165) is 24.3 Å². The van der Waals surface area contributed by atoms with Crippen molar-refractivity contribution in [2.45, 2.75) is 25.4 Å². The van der Waals surface area contributed by atoms with E-state index in [-0.39, 0.29) is 12.3 Å². The molecule has 5 nitrogen and oxygen atoms in total. The average molecular weight is 390 g/mol. The first-order valence-corrected chi connectivity index (χ1v) is 8.71. The summed E-state index contributed by atoms with van der Waals surface area (Å²) in [6, 6.07) is 5.62. The van der Waals surface area contributed by atoms with Crippen LogP contribution in [0.2, 0.25) is 5.02 Å². The summed E-state index contributed by atoms with van der Waals surface area (Å²) in [5.41, 5.74) is 1.27. The van der Waals surface area contributed by atoms with E-state index in [9.17, 15) is 18.0 Å². The average Bonchev–Trinajstić information content (AvgIpc) is 2.96. The molecule has 1 aromatic carbocycles. The molecule has 1 fully saturated rings. The van der Waals surface area contributed by atoms with Crippen molar-refractivity contribution in [1.29, 1.82) is 0 Å². The molecule has 1 saturated heterocycles. The van der Waals surface area contributed by atoms with Gasteiger partial charge in [-0.3, -0.25) is 4.79 Å². The van der Waals surface area contributed by atoms with Crippen LogP contribution in [0.3, 0.4) is 0 Å². The Morgan fingerprint density at radius 1 is 1.46 bits per heavy atom. The Hall–Kier alpha value is -1.96. The molecule has 0 bridgehead atoms. The lowest BCUT2D eigenvalue weighted by Gasteiger charge is -2.32. The van der Waals surface area contributed by atoms with Gasteiger partial charge in [0.05, 0.1) is 0 Å². The number of rotatable bonds is 4. The van der Waals surface area contributed by atoms with Crippen molar-refractivity contribution in [3.05, 3.63) is 23.2 Å². The molecule has 0 saturated carbocycles. The number of aromatic nitrogens is 1. The highest BCUT2D eigenvalue weighted by molar-refractivity contribution is 6.31. The molecule has 1 atom stereocenters. The fourth-order valence-electron chi connectivity index (χ4n) is 3.19. The smallest absolute Gasteiger partial charge is 0.406 e. The molecule has 0 aliphatic carbocycles. The van der Waals surface area contributed by atoms with Crippen LogP contribution >= 0.6 is 11.6 Å². The maximum Gasteiger partial charge on any atom is 0.406 e. The second-order valence-corrected chi connectivity index (χ2v) is 7.07. The quantitative estimate of drug-likeness (QED) is 0.789. The number of piperidine rings is 1. The molecule has 2 aromatic rings. The number of anilines is 1. The number of nitrogens with zero attached hydrogens (tertiary/aromatic N) is 3. The summed E-state index contributed by atoms with van der Waals surface area (Å²) in [7, 11) is 1.18. The van der Waals surface area contributed by atoms with Crippen molar-refractivity contribution in [3.8, 4) is 0 Å². The Balaban J connectivity index is 1.64. The van der Waals surface area contributed by atoms with Crippen molar-refractivity contribution >= 4 is 34.6 Å². The molecule has 0 radical (unpaired) electrons. The normalized spacial score (nSPS) is 18.3. The zero-order chi connectivity index (χ0) is 18.9. The maximum absolute atomic E-state index is 12.4. The van der Waals surface area contributed by atoms with Crippen LogP contribution in [0.4, 0.5) is 19.2 Å². The molecule has 1 aliphatic heterocycles. The summed E-state index contributed by atoms with van der Waals surface area (Å²) in [5, 5.41) is 0.551. The SMILES string of the molecule is CN(CC(F)(F)F)C(=O)CC1CCCN(c2nc3ccc(Cl)cc3o2)C1. The highest BCUT2D eigenvalue weighted by Crippen LogP contribution is 2.29. The number of hydrogen-bond acceptors (Lipinski definition) is 4. The minimum Gasteiger partial charge on any atom is -0.423 e. The molecule has 3 rings (SSSR count). The van der Waals surface area contributed by atoms with Crippen molar-refractivity contribution in [1.82, 2.24) is 9.88 Å². The summed E-state index contributed by atoms with van der Waals surface area (Å²) in [5.74, 6) is -0.538. The van der Waals surface area contributed by atoms with E-state index in [1.165, 1.54) is 7.05 Å². The van der Waals surface area contributed by atoms with Crippen LogP contribution < -0.4 is 4.90 Å². The van der Waals surface area contributed by atoms with Gasteiger partial charge < -0.3 is 14.2 Å². The van der Waals surface area contributed by atoms with Gasteiger partial charge in [-0.05, 0) is 30.9 Å². The van der Waals surface area contributed by atoms with Crippen molar-refractivity contribution in [3.63, 3.8) is 0 Å². The number of amides is 1. The predicted octanol–water partition coefficient (Wildman–Crippen LogP) is 4.11. The number of oxazole rings is 1. The van der Waals surface area contributed by atoms with E-state index in [1.54, 1.807) is 18.2 Å². The molecule has 9 heteroatoms. The number of fused-ring (bicyclic) bond motifs is 1. The summed E-state index contributed by atoms with van der Waals surface area (Å²) >= 11 is 5.95. The summed E-state index contributed by atoms with van der Waals surface area (Å²) in [4.78, 5) is 19.2. The largest absolute Gasteiger partial charge is 0.423 e. The fraction of sp³-hybridized carbons (Fsp3) is 0.529. The lowest BCUT2D eigenvalue weighted by atomic mass is 9.94. The van der Waals surface area contributed by atoms with E-state index in [4.69, 9.17) is 16.0 Å². The molecule has 1 unspecified atom stereocenters. The van der Waals surface area contributed by atoms with Crippen LogP contribution in [0, 0.1) is 5.92 Å². The van der Waals surface area contributed by atoms with Gasteiger partial charge in [-0.1, -0.05) is 11.6 Å². The topological polar surface area (TPSA) is 49.6 Å². The highest BCUT2D eigenvalue weighted by atomic mass is 35.5. The van der Waals surface area contributed by atoms with Gasteiger partial charge in [-0.15, -0.1) is 0 Å². The predicted molar refractivity (Wildman–Crippen MR) is 92.3 cm³/mol. The zero-order valence-electron chi connectivity index (χ0n) is 14.2. The lowest BCUT2D eigenvalue weighted by molar-refractivity contribution is -0.159. The number of carbonyl (C=O) groups excluding carboxylic acids is 1. The Labute approximate surface area is 153 Å². The van der Waals surface area contributed by atoms with Crippen LogP contribution in [0.25, 0.3) is 11.1 Å². The van der Waals surface area contributed by atoms with E-state index in [1.807, 2.05) is 4.90 Å². The van der Waals surface area contributed by atoms with Gasteiger partial charge in [0.15, 0.2) is 5.58 Å². The van der Waals surface area contributed by atoms with E-state index >= 15 is 0 Å². The molecule has 1 aromatic heterocycles. The molecule has 1 aliphatic rings. The lowest BCUT2D eigenvalue weighted by Crippen LogP contribution is -2.40. The standard InChI is InChI=1S/C17H19ClF3N3O2/c1-23(10-17(19,20)21)15(25)7-11-3-2-6-24(9-11)16-22-13-5-4-12(18)8-14(13)26-16/h4-5,8,11H,2-3,6-7,9-10H2,1H3. The van der Waals surface area contributed by atoms with E-state index < -0.39 is 18.6 Å². The Kier molecular flexibility index (Phi) is 5.32. The third-order valence-electron chi connectivity index (χ3n) is 4.43. The first-order valence-electron chi connectivity index (χ1n) is 8.33. The molecule has 0 spiro atoms. The second kappa shape index (κ2) is 7.34. The number of hydrogen-bond donors (Lipinski definition) is 0. The minimum atomic E-state index is -4.39. The molecule has 0 N–H and O–H groups in total. The minimum absolute atomic E-state index is 0.0365. The van der Waals surface area contributed by atoms with Gasteiger partial charge in [0, 0.05) is 37.6 Å². The Morgan fingerprint density at radius 3 is 2.96 bits per heavy atom. The Morgan fingerprint density at radius 2 is 2.23 bits per heavy atom. The van der Waals surface area contributed by atoms with Gasteiger partial charge in [0.1, 0.15) is 12.1 Å².